The van der Waals surface area contributed by atoms with Gasteiger partial charge in [0.25, 0.3) is 0 Å². The first-order valence-electron chi connectivity index (χ1n) is 7.65. The SMILES string of the molecule is CC(N)CC(=O)NC1CCN(Cc2ccc(F)c(F)c2)CC1. The molecule has 1 aromatic rings. The molecular weight excluding hydrogens is 288 g/mol. The molecule has 1 aliphatic rings. The Balaban J connectivity index is 1.77. The zero-order chi connectivity index (χ0) is 16.1. The predicted octanol–water partition coefficient (Wildman–Crippen LogP) is 1.78. The Hall–Kier alpha value is -1.53. The molecule has 22 heavy (non-hydrogen) atoms. The van der Waals surface area contributed by atoms with Gasteiger partial charge in [0.1, 0.15) is 0 Å². The number of carbonyl (C=O) groups is 1. The Kier molecular flexibility index (Phi) is 5.85. The van der Waals surface area contributed by atoms with Gasteiger partial charge in [0.15, 0.2) is 11.6 Å². The van der Waals surface area contributed by atoms with E-state index in [0.717, 1.165) is 37.6 Å². The van der Waals surface area contributed by atoms with Gasteiger partial charge < -0.3 is 11.1 Å². The van der Waals surface area contributed by atoms with Crippen molar-refractivity contribution in [1.29, 1.82) is 0 Å². The number of nitrogens with two attached hydrogens (primary N) is 1. The van der Waals surface area contributed by atoms with Crippen molar-refractivity contribution < 1.29 is 13.6 Å². The second-order valence-electron chi connectivity index (χ2n) is 6.05. The minimum Gasteiger partial charge on any atom is -0.353 e. The Morgan fingerprint density at radius 1 is 1.36 bits per heavy atom. The zero-order valence-electron chi connectivity index (χ0n) is 12.8. The molecule has 4 nitrogen and oxygen atoms in total. The van der Waals surface area contributed by atoms with Crippen LogP contribution in [-0.4, -0.2) is 36.0 Å². The quantitative estimate of drug-likeness (QED) is 0.871. The number of amides is 1. The summed E-state index contributed by atoms with van der Waals surface area (Å²) in [4.78, 5) is 13.9. The predicted molar refractivity (Wildman–Crippen MR) is 81.1 cm³/mol. The number of hydrogen-bond donors (Lipinski definition) is 2. The number of nitrogens with one attached hydrogen (secondary N) is 1. The lowest BCUT2D eigenvalue weighted by molar-refractivity contribution is -0.122. The normalized spacial score (nSPS) is 18.2. The number of rotatable bonds is 5. The smallest absolute Gasteiger partial charge is 0.221 e. The summed E-state index contributed by atoms with van der Waals surface area (Å²) in [5, 5.41) is 3.00. The number of halogens is 2. The number of likely N-dealkylation sites (tertiary alicyclic amines) is 1. The van der Waals surface area contributed by atoms with E-state index in [-0.39, 0.29) is 18.0 Å². The maximum absolute atomic E-state index is 13.2. The third-order valence-electron chi connectivity index (χ3n) is 3.85. The fourth-order valence-electron chi connectivity index (χ4n) is 2.71. The molecule has 0 saturated carbocycles. The first-order chi connectivity index (χ1) is 10.4. The van der Waals surface area contributed by atoms with Gasteiger partial charge in [-0.3, -0.25) is 9.69 Å². The highest BCUT2D eigenvalue weighted by atomic mass is 19.2. The van der Waals surface area contributed by atoms with E-state index in [4.69, 9.17) is 5.73 Å². The van der Waals surface area contributed by atoms with Gasteiger partial charge in [-0.05, 0) is 37.5 Å². The van der Waals surface area contributed by atoms with E-state index in [1.54, 1.807) is 6.07 Å². The van der Waals surface area contributed by atoms with Crippen LogP contribution in [0.1, 0.15) is 31.7 Å². The fourth-order valence-corrected chi connectivity index (χ4v) is 2.71. The topological polar surface area (TPSA) is 58.4 Å². The van der Waals surface area contributed by atoms with Gasteiger partial charge >= 0.3 is 0 Å². The van der Waals surface area contributed by atoms with Gasteiger partial charge in [-0.25, -0.2) is 8.78 Å². The maximum Gasteiger partial charge on any atom is 0.221 e. The van der Waals surface area contributed by atoms with E-state index < -0.39 is 11.6 Å². The van der Waals surface area contributed by atoms with Crippen LogP contribution in [0.5, 0.6) is 0 Å². The van der Waals surface area contributed by atoms with E-state index in [2.05, 4.69) is 10.2 Å². The van der Waals surface area contributed by atoms with Gasteiger partial charge in [0, 0.05) is 38.1 Å². The van der Waals surface area contributed by atoms with Gasteiger partial charge in [0.05, 0.1) is 0 Å². The molecule has 3 N–H and O–H groups in total. The van der Waals surface area contributed by atoms with Crippen LogP contribution in [0.15, 0.2) is 18.2 Å². The van der Waals surface area contributed by atoms with Crippen molar-refractivity contribution in [2.45, 2.75) is 44.8 Å². The van der Waals surface area contributed by atoms with Crippen LogP contribution in [0.2, 0.25) is 0 Å². The average molecular weight is 311 g/mol. The van der Waals surface area contributed by atoms with Crippen molar-refractivity contribution in [2.24, 2.45) is 5.73 Å². The molecule has 0 aliphatic carbocycles. The average Bonchev–Trinajstić information content (AvgIpc) is 2.44. The molecule has 1 saturated heterocycles. The standard InChI is InChI=1S/C16H23F2N3O/c1-11(19)8-16(22)20-13-4-6-21(7-5-13)10-12-2-3-14(17)15(18)9-12/h2-3,9,11,13H,4-8,10,19H2,1H3,(H,20,22). The van der Waals surface area contributed by atoms with Crippen molar-refractivity contribution in [3.63, 3.8) is 0 Å². The molecule has 1 unspecified atom stereocenters. The summed E-state index contributed by atoms with van der Waals surface area (Å²) in [6.07, 6.45) is 2.05. The Morgan fingerprint density at radius 3 is 2.64 bits per heavy atom. The largest absolute Gasteiger partial charge is 0.353 e. The lowest BCUT2D eigenvalue weighted by atomic mass is 10.0. The Morgan fingerprint density at radius 2 is 2.05 bits per heavy atom. The molecule has 1 atom stereocenters. The highest BCUT2D eigenvalue weighted by Gasteiger charge is 2.21. The summed E-state index contributed by atoms with van der Waals surface area (Å²) >= 11 is 0. The number of hydrogen-bond acceptors (Lipinski definition) is 3. The van der Waals surface area contributed by atoms with Crippen molar-refractivity contribution in [3.05, 3.63) is 35.4 Å². The van der Waals surface area contributed by atoms with E-state index >= 15 is 0 Å². The molecule has 1 amide bonds. The molecule has 1 fully saturated rings. The second-order valence-corrected chi connectivity index (χ2v) is 6.05. The van der Waals surface area contributed by atoms with Gasteiger partial charge in [-0.15, -0.1) is 0 Å². The van der Waals surface area contributed by atoms with Crippen LogP contribution < -0.4 is 11.1 Å². The van der Waals surface area contributed by atoms with Crippen molar-refractivity contribution >= 4 is 5.91 Å². The Labute approximate surface area is 129 Å². The van der Waals surface area contributed by atoms with Crippen molar-refractivity contribution in [1.82, 2.24) is 10.2 Å². The third kappa shape index (κ3) is 5.03. The number of nitrogens with zero attached hydrogens (tertiary/aromatic N) is 1. The Bertz CT molecular complexity index is 514. The number of piperidine rings is 1. The molecule has 0 aromatic heterocycles. The number of carbonyl (C=O) groups excluding carboxylic acids is 1. The fraction of sp³-hybridized carbons (Fsp3) is 0.562. The summed E-state index contributed by atoms with van der Waals surface area (Å²) in [6, 6.07) is 4.05. The lowest BCUT2D eigenvalue weighted by Crippen LogP contribution is -2.45. The summed E-state index contributed by atoms with van der Waals surface area (Å²) in [5.41, 5.74) is 6.37. The molecule has 0 spiro atoms. The summed E-state index contributed by atoms with van der Waals surface area (Å²) < 4.78 is 26.1. The molecule has 0 radical (unpaired) electrons. The highest BCUT2D eigenvalue weighted by molar-refractivity contribution is 5.76. The molecule has 122 valence electrons. The van der Waals surface area contributed by atoms with E-state index in [1.165, 1.54) is 6.07 Å². The van der Waals surface area contributed by atoms with E-state index in [0.29, 0.717) is 13.0 Å². The van der Waals surface area contributed by atoms with E-state index in [9.17, 15) is 13.6 Å². The minimum absolute atomic E-state index is 0.00550. The lowest BCUT2D eigenvalue weighted by Gasteiger charge is -2.32. The zero-order valence-corrected chi connectivity index (χ0v) is 12.8. The molecular formula is C16H23F2N3O. The summed E-state index contributed by atoms with van der Waals surface area (Å²) in [7, 11) is 0. The van der Waals surface area contributed by atoms with Crippen LogP contribution in [0.25, 0.3) is 0 Å². The molecule has 1 aromatic carbocycles. The van der Waals surface area contributed by atoms with Crippen LogP contribution in [0.3, 0.4) is 0 Å². The molecule has 0 bridgehead atoms. The van der Waals surface area contributed by atoms with E-state index in [1.807, 2.05) is 6.92 Å². The van der Waals surface area contributed by atoms with Crippen LogP contribution >= 0.6 is 0 Å². The van der Waals surface area contributed by atoms with Gasteiger partial charge in [-0.2, -0.15) is 0 Å². The van der Waals surface area contributed by atoms with Crippen LogP contribution in [-0.2, 0) is 11.3 Å². The summed E-state index contributed by atoms with van der Waals surface area (Å²) in [5.74, 6) is -1.64. The minimum atomic E-state index is -0.820. The van der Waals surface area contributed by atoms with Crippen molar-refractivity contribution in [3.8, 4) is 0 Å². The second kappa shape index (κ2) is 7.65. The first-order valence-corrected chi connectivity index (χ1v) is 7.65. The molecule has 1 heterocycles. The maximum atomic E-state index is 13.2. The monoisotopic (exact) mass is 311 g/mol. The van der Waals surface area contributed by atoms with Crippen LogP contribution in [0.4, 0.5) is 8.78 Å². The third-order valence-corrected chi connectivity index (χ3v) is 3.85. The molecule has 2 rings (SSSR count). The summed E-state index contributed by atoms with van der Waals surface area (Å²) in [6.45, 7) is 4.05. The molecule has 6 heteroatoms. The number of benzene rings is 1. The van der Waals surface area contributed by atoms with Crippen molar-refractivity contribution in [2.75, 3.05) is 13.1 Å². The van der Waals surface area contributed by atoms with Gasteiger partial charge in [0.2, 0.25) is 5.91 Å². The van der Waals surface area contributed by atoms with Crippen LogP contribution in [0, 0.1) is 11.6 Å². The van der Waals surface area contributed by atoms with Gasteiger partial charge in [-0.1, -0.05) is 6.07 Å². The first kappa shape index (κ1) is 16.8. The molecule has 1 aliphatic heterocycles. The highest BCUT2D eigenvalue weighted by Crippen LogP contribution is 2.16.